The van der Waals surface area contributed by atoms with E-state index in [1.807, 2.05) is 35.3 Å². The molecule has 0 nitrogen and oxygen atoms in total. The van der Waals surface area contributed by atoms with Crippen molar-refractivity contribution in [1.82, 2.24) is 0 Å². The van der Waals surface area contributed by atoms with Gasteiger partial charge in [0.15, 0.2) is 0 Å². The maximum Gasteiger partial charge on any atom is 0.0261 e. The van der Waals surface area contributed by atoms with Crippen LogP contribution >= 0.6 is 35.3 Å². The lowest BCUT2D eigenvalue weighted by Gasteiger charge is -2.13. The second kappa shape index (κ2) is 6.78. The predicted octanol–water partition coefficient (Wildman–Crippen LogP) is 5.90. The van der Waals surface area contributed by atoms with Crippen molar-refractivity contribution >= 4 is 35.3 Å². The molecule has 0 aromatic heterocycles. The maximum atomic E-state index is 2.22. The van der Waals surface area contributed by atoms with E-state index >= 15 is 0 Å². The van der Waals surface area contributed by atoms with Crippen LogP contribution in [-0.2, 0) is 0 Å². The molecule has 19 heavy (non-hydrogen) atoms. The van der Waals surface area contributed by atoms with E-state index in [2.05, 4.69) is 62.8 Å². The fourth-order valence-corrected chi connectivity index (χ4v) is 5.16. The normalized spacial score (nSPS) is 10.7. The van der Waals surface area contributed by atoms with Crippen molar-refractivity contribution < 1.29 is 0 Å². The Labute approximate surface area is 128 Å². The van der Waals surface area contributed by atoms with Gasteiger partial charge in [0.2, 0.25) is 0 Å². The van der Waals surface area contributed by atoms with Gasteiger partial charge in [-0.2, -0.15) is 0 Å². The largest absolute Gasteiger partial charge is 0.128 e. The summed E-state index contributed by atoms with van der Waals surface area (Å²) in [6.45, 7) is 4.36. The van der Waals surface area contributed by atoms with E-state index in [0.717, 1.165) is 0 Å². The molecule has 0 amide bonds. The molecule has 0 bridgehead atoms. The molecule has 2 rings (SSSR count). The third kappa shape index (κ3) is 3.33. The highest BCUT2D eigenvalue weighted by atomic mass is 32.2. The van der Waals surface area contributed by atoms with E-state index in [1.165, 1.54) is 30.7 Å². The molecule has 3 heteroatoms. The van der Waals surface area contributed by atoms with Gasteiger partial charge in [-0.1, -0.05) is 36.0 Å². The first-order valence-corrected chi connectivity index (χ1v) is 9.39. The van der Waals surface area contributed by atoms with Gasteiger partial charge in [-0.3, -0.25) is 0 Å². The minimum absolute atomic E-state index is 1.36. The lowest BCUT2D eigenvalue weighted by molar-refractivity contribution is 1.14. The zero-order valence-electron chi connectivity index (χ0n) is 11.7. The van der Waals surface area contributed by atoms with Crippen LogP contribution in [0.2, 0.25) is 0 Å². The molecule has 0 fully saturated rings. The summed E-state index contributed by atoms with van der Waals surface area (Å²) in [6, 6.07) is 13.1. The fourth-order valence-electron chi connectivity index (χ4n) is 2.05. The molecule has 0 heterocycles. The molecular weight excluding hydrogens is 288 g/mol. The Hall–Kier alpha value is -0.510. The van der Waals surface area contributed by atoms with Gasteiger partial charge in [0.1, 0.15) is 0 Å². The lowest BCUT2D eigenvalue weighted by Crippen LogP contribution is -1.86. The van der Waals surface area contributed by atoms with Crippen LogP contribution in [0.25, 0.3) is 0 Å². The molecule has 100 valence electrons. The number of rotatable bonds is 4. The van der Waals surface area contributed by atoms with E-state index < -0.39 is 0 Å². The summed E-state index contributed by atoms with van der Waals surface area (Å²) in [4.78, 5) is 5.49. The quantitative estimate of drug-likeness (QED) is 0.646. The van der Waals surface area contributed by atoms with E-state index in [-0.39, 0.29) is 0 Å². The molecule has 0 aliphatic rings. The number of thioether (sulfide) groups is 2. The van der Waals surface area contributed by atoms with Crippen LogP contribution in [0.1, 0.15) is 11.1 Å². The molecule has 0 atom stereocenters. The Morgan fingerprint density at radius 2 is 1.11 bits per heavy atom. The second-order valence-corrected chi connectivity index (χ2v) is 7.03. The van der Waals surface area contributed by atoms with Crippen molar-refractivity contribution in [2.45, 2.75) is 33.4 Å². The zero-order valence-corrected chi connectivity index (χ0v) is 14.1. The first-order chi connectivity index (χ1) is 9.17. The van der Waals surface area contributed by atoms with Crippen molar-refractivity contribution in [3.8, 4) is 0 Å². The summed E-state index contributed by atoms with van der Waals surface area (Å²) >= 11 is 5.54. The van der Waals surface area contributed by atoms with Gasteiger partial charge in [-0.25, -0.2) is 0 Å². The number of hydrogen-bond acceptors (Lipinski definition) is 3. The Morgan fingerprint density at radius 3 is 1.47 bits per heavy atom. The minimum Gasteiger partial charge on any atom is -0.128 e. The van der Waals surface area contributed by atoms with Gasteiger partial charge < -0.3 is 0 Å². The molecule has 0 radical (unpaired) electrons. The summed E-state index contributed by atoms with van der Waals surface area (Å²) in [6.07, 6.45) is 4.30. The maximum absolute atomic E-state index is 2.22. The first-order valence-electron chi connectivity index (χ1n) is 6.12. The molecule has 0 saturated heterocycles. The lowest BCUT2D eigenvalue weighted by atomic mass is 10.2. The van der Waals surface area contributed by atoms with Gasteiger partial charge in [0, 0.05) is 19.6 Å². The minimum atomic E-state index is 1.36. The highest BCUT2D eigenvalue weighted by molar-refractivity contribution is 8.03. The third-order valence-corrected chi connectivity index (χ3v) is 6.26. The van der Waals surface area contributed by atoms with E-state index in [0.29, 0.717) is 0 Å². The summed E-state index contributed by atoms with van der Waals surface area (Å²) in [5.41, 5.74) is 2.71. The summed E-state index contributed by atoms with van der Waals surface area (Å²) in [5, 5.41) is 0. The SMILES string of the molecule is CSc1c(C)cccc1Sc1cccc(C)c1SC. The summed E-state index contributed by atoms with van der Waals surface area (Å²) < 4.78 is 0. The Morgan fingerprint density at radius 1 is 0.684 bits per heavy atom. The average molecular weight is 307 g/mol. The molecule has 0 spiro atoms. The monoisotopic (exact) mass is 306 g/mol. The molecule has 0 saturated carbocycles. The molecule has 0 aliphatic heterocycles. The van der Waals surface area contributed by atoms with E-state index in [4.69, 9.17) is 0 Å². The highest BCUT2D eigenvalue weighted by Gasteiger charge is 2.10. The standard InChI is InChI=1S/C16H18S3/c1-11-7-5-9-13(15(11)17-3)19-14-10-6-8-12(2)16(14)18-4/h5-10H,1-4H3. The number of aryl methyl sites for hydroxylation is 2. The molecule has 0 N–H and O–H groups in total. The molecule has 0 unspecified atom stereocenters. The summed E-state index contributed by atoms with van der Waals surface area (Å²) in [5.74, 6) is 0. The number of hydrogen-bond donors (Lipinski definition) is 0. The molecule has 2 aromatic rings. The number of benzene rings is 2. The van der Waals surface area contributed by atoms with Crippen molar-refractivity contribution in [1.29, 1.82) is 0 Å². The van der Waals surface area contributed by atoms with Gasteiger partial charge in [0.05, 0.1) is 0 Å². The smallest absolute Gasteiger partial charge is 0.0261 e. The van der Waals surface area contributed by atoms with Crippen LogP contribution in [0.5, 0.6) is 0 Å². The van der Waals surface area contributed by atoms with Crippen LogP contribution in [0.15, 0.2) is 56.0 Å². The van der Waals surface area contributed by atoms with Gasteiger partial charge in [-0.05, 0) is 49.6 Å². The van der Waals surface area contributed by atoms with Crippen molar-refractivity contribution in [3.63, 3.8) is 0 Å². The van der Waals surface area contributed by atoms with Crippen LogP contribution in [0.4, 0.5) is 0 Å². The van der Waals surface area contributed by atoms with Gasteiger partial charge in [0.25, 0.3) is 0 Å². The van der Waals surface area contributed by atoms with Crippen LogP contribution in [-0.4, -0.2) is 12.5 Å². The first kappa shape index (κ1) is 14.9. The van der Waals surface area contributed by atoms with Crippen LogP contribution < -0.4 is 0 Å². The van der Waals surface area contributed by atoms with Gasteiger partial charge >= 0.3 is 0 Å². The summed E-state index contributed by atoms with van der Waals surface area (Å²) in [7, 11) is 0. The Bertz CT molecular complexity index is 525. The van der Waals surface area contributed by atoms with Crippen molar-refractivity contribution in [3.05, 3.63) is 47.5 Å². The molecule has 2 aromatic carbocycles. The third-order valence-electron chi connectivity index (χ3n) is 2.98. The Balaban J connectivity index is 2.42. The van der Waals surface area contributed by atoms with Crippen molar-refractivity contribution in [2.75, 3.05) is 12.5 Å². The molecule has 0 aliphatic carbocycles. The van der Waals surface area contributed by atoms with E-state index in [9.17, 15) is 0 Å². The average Bonchev–Trinajstić information content (AvgIpc) is 2.39. The van der Waals surface area contributed by atoms with Crippen LogP contribution in [0.3, 0.4) is 0 Å². The second-order valence-electron chi connectivity index (χ2n) is 4.31. The zero-order chi connectivity index (χ0) is 13.8. The van der Waals surface area contributed by atoms with Gasteiger partial charge in [-0.15, -0.1) is 23.5 Å². The topological polar surface area (TPSA) is 0 Å². The fraction of sp³-hybridized carbons (Fsp3) is 0.250. The van der Waals surface area contributed by atoms with E-state index in [1.54, 1.807) is 0 Å². The highest BCUT2D eigenvalue weighted by Crippen LogP contribution is 2.41. The predicted molar refractivity (Wildman–Crippen MR) is 90.0 cm³/mol. The van der Waals surface area contributed by atoms with Crippen molar-refractivity contribution in [2.24, 2.45) is 0 Å². The molecular formula is C16H18S3. The Kier molecular flexibility index (Phi) is 5.31. The van der Waals surface area contributed by atoms with Crippen LogP contribution in [0, 0.1) is 13.8 Å².